The average molecular weight is 455 g/mol. The van der Waals surface area contributed by atoms with Gasteiger partial charge in [-0.25, -0.2) is 0 Å². The van der Waals surface area contributed by atoms with E-state index in [2.05, 4.69) is 19.9 Å². The molecule has 0 aromatic heterocycles. The summed E-state index contributed by atoms with van der Waals surface area (Å²) in [4.78, 5) is 0. The molecule has 0 spiro atoms. The van der Waals surface area contributed by atoms with Crippen molar-refractivity contribution in [2.45, 2.75) is 77.4 Å². The maximum absolute atomic E-state index is 11.6. The summed E-state index contributed by atoms with van der Waals surface area (Å²) >= 11 is 0. The predicted octanol–water partition coefficient (Wildman–Crippen LogP) is 5.18. The third-order valence-corrected chi connectivity index (χ3v) is 10.5. The molecule has 5 heteroatoms. The molecule has 2 N–H and O–H groups in total. The van der Waals surface area contributed by atoms with Crippen molar-refractivity contribution in [3.8, 4) is 17.2 Å². The van der Waals surface area contributed by atoms with Crippen molar-refractivity contribution in [2.24, 2.45) is 34.5 Å². The number of aliphatic hydroxyl groups excluding tert-OH is 2. The van der Waals surface area contributed by atoms with Crippen molar-refractivity contribution < 1.29 is 24.4 Å². The van der Waals surface area contributed by atoms with Crippen LogP contribution in [0, 0.1) is 34.5 Å². The first-order valence-electron chi connectivity index (χ1n) is 12.9. The zero-order chi connectivity index (χ0) is 23.0. The molecule has 0 bridgehead atoms. The summed E-state index contributed by atoms with van der Waals surface area (Å²) in [5.74, 6) is 4.64. The van der Waals surface area contributed by atoms with Crippen LogP contribution >= 0.6 is 0 Å². The van der Waals surface area contributed by atoms with E-state index in [0.717, 1.165) is 49.2 Å². The topological polar surface area (TPSA) is 68.2 Å². The maximum atomic E-state index is 11.6. The van der Waals surface area contributed by atoms with Crippen LogP contribution in [0.25, 0.3) is 6.08 Å². The smallest absolute Gasteiger partial charge is 0.231 e. The Morgan fingerprint density at radius 3 is 2.64 bits per heavy atom. The average Bonchev–Trinajstić information content (AvgIpc) is 3.37. The fourth-order valence-electron chi connectivity index (χ4n) is 8.68. The molecule has 1 aromatic rings. The molecule has 0 saturated heterocycles. The highest BCUT2D eigenvalue weighted by Gasteiger charge is 2.61. The van der Waals surface area contributed by atoms with Crippen LogP contribution in [-0.2, 0) is 0 Å². The molecule has 4 saturated carbocycles. The number of hydrogen-bond donors (Lipinski definition) is 2. The summed E-state index contributed by atoms with van der Waals surface area (Å²) in [6, 6.07) is 3.98. The minimum Gasteiger partial charge on any atom is -0.493 e. The summed E-state index contributed by atoms with van der Waals surface area (Å²) in [6.07, 6.45) is 10.5. The molecule has 8 atom stereocenters. The molecule has 33 heavy (non-hydrogen) atoms. The van der Waals surface area contributed by atoms with E-state index in [4.69, 9.17) is 14.2 Å². The lowest BCUT2D eigenvalue weighted by molar-refractivity contribution is -0.133. The summed E-state index contributed by atoms with van der Waals surface area (Å²) < 4.78 is 16.7. The highest BCUT2D eigenvalue weighted by atomic mass is 16.7. The Bertz CT molecular complexity index is 971. The number of methoxy groups -OCH3 is 1. The van der Waals surface area contributed by atoms with Gasteiger partial charge in [-0.3, -0.25) is 0 Å². The van der Waals surface area contributed by atoms with Crippen LogP contribution in [0.15, 0.2) is 17.7 Å². The van der Waals surface area contributed by atoms with Gasteiger partial charge in [-0.2, -0.15) is 0 Å². The highest BCUT2D eigenvalue weighted by Crippen LogP contribution is 2.67. The summed E-state index contributed by atoms with van der Waals surface area (Å²) in [6.45, 7) is 5.07. The van der Waals surface area contributed by atoms with Crippen LogP contribution in [0.2, 0.25) is 0 Å². The quantitative estimate of drug-likeness (QED) is 0.644. The predicted molar refractivity (Wildman–Crippen MR) is 126 cm³/mol. The zero-order valence-electron chi connectivity index (χ0n) is 20.2. The minimum atomic E-state index is -0.404. The van der Waals surface area contributed by atoms with E-state index < -0.39 is 6.10 Å². The van der Waals surface area contributed by atoms with Crippen molar-refractivity contribution in [1.29, 1.82) is 0 Å². The minimum absolute atomic E-state index is 0.0508. The molecular formula is C28H38O5. The van der Waals surface area contributed by atoms with Crippen molar-refractivity contribution >= 4 is 6.08 Å². The van der Waals surface area contributed by atoms with Gasteiger partial charge in [0, 0.05) is 5.41 Å². The van der Waals surface area contributed by atoms with Gasteiger partial charge in [0.05, 0.1) is 19.3 Å². The summed E-state index contributed by atoms with van der Waals surface area (Å²) in [5.41, 5.74) is 2.45. The number of ether oxygens (including phenoxy) is 3. The van der Waals surface area contributed by atoms with Gasteiger partial charge in [-0.1, -0.05) is 19.9 Å². The first-order valence-corrected chi connectivity index (χ1v) is 12.9. The molecule has 0 unspecified atom stereocenters. The Labute approximate surface area is 197 Å². The highest BCUT2D eigenvalue weighted by molar-refractivity contribution is 5.65. The third-order valence-electron chi connectivity index (χ3n) is 10.5. The van der Waals surface area contributed by atoms with Gasteiger partial charge in [-0.15, -0.1) is 0 Å². The maximum Gasteiger partial charge on any atom is 0.231 e. The molecule has 0 radical (unpaired) electrons. The Hall–Kier alpha value is -1.72. The SMILES string of the molecule is COc1cc(/C=C2\C[C@H]3[C@@H]4CC[C@@H]5C[C@H](O)CC[C@]5(C)[C@H]4CC[C@]3(C)[C@@H]2O)cc2c1OCO2. The normalized spacial score (nSPS) is 44.8. The Kier molecular flexibility index (Phi) is 5.05. The van der Waals surface area contributed by atoms with E-state index in [-0.39, 0.29) is 18.3 Å². The molecule has 180 valence electrons. The Morgan fingerprint density at radius 1 is 1.00 bits per heavy atom. The fourth-order valence-corrected chi connectivity index (χ4v) is 8.68. The molecule has 1 heterocycles. The molecule has 5 nitrogen and oxygen atoms in total. The molecule has 0 amide bonds. The van der Waals surface area contributed by atoms with Gasteiger partial charge >= 0.3 is 0 Å². The Balaban J connectivity index is 1.30. The van der Waals surface area contributed by atoms with Gasteiger partial charge in [0.25, 0.3) is 0 Å². The molecule has 1 aliphatic heterocycles. The molecule has 5 aliphatic rings. The van der Waals surface area contributed by atoms with E-state index in [1.165, 1.54) is 19.3 Å². The number of aliphatic hydroxyl groups is 2. The lowest BCUT2D eigenvalue weighted by Gasteiger charge is -2.60. The van der Waals surface area contributed by atoms with E-state index >= 15 is 0 Å². The van der Waals surface area contributed by atoms with Crippen molar-refractivity contribution in [3.63, 3.8) is 0 Å². The largest absolute Gasteiger partial charge is 0.493 e. The fraction of sp³-hybridized carbons (Fsp3) is 0.714. The molecule has 4 aliphatic carbocycles. The van der Waals surface area contributed by atoms with Crippen molar-refractivity contribution in [1.82, 2.24) is 0 Å². The van der Waals surface area contributed by atoms with Crippen LogP contribution in [0.3, 0.4) is 0 Å². The van der Waals surface area contributed by atoms with E-state index in [0.29, 0.717) is 40.4 Å². The Morgan fingerprint density at radius 2 is 1.82 bits per heavy atom. The number of fused-ring (bicyclic) bond motifs is 6. The van der Waals surface area contributed by atoms with Crippen LogP contribution in [-0.4, -0.2) is 36.3 Å². The van der Waals surface area contributed by atoms with Gasteiger partial charge < -0.3 is 24.4 Å². The summed E-state index contributed by atoms with van der Waals surface area (Å²) in [5, 5.41) is 21.8. The third kappa shape index (κ3) is 3.18. The van der Waals surface area contributed by atoms with Crippen LogP contribution < -0.4 is 14.2 Å². The lowest BCUT2D eigenvalue weighted by Crippen LogP contribution is -2.54. The lowest BCUT2D eigenvalue weighted by atomic mass is 9.45. The first kappa shape index (κ1) is 21.8. The number of benzene rings is 1. The monoisotopic (exact) mass is 454 g/mol. The van der Waals surface area contributed by atoms with Crippen LogP contribution in [0.1, 0.15) is 70.8 Å². The zero-order valence-corrected chi connectivity index (χ0v) is 20.2. The van der Waals surface area contributed by atoms with Crippen LogP contribution in [0.5, 0.6) is 17.2 Å². The number of hydrogen-bond acceptors (Lipinski definition) is 5. The second-order valence-corrected chi connectivity index (χ2v) is 11.9. The summed E-state index contributed by atoms with van der Waals surface area (Å²) in [7, 11) is 1.65. The van der Waals surface area contributed by atoms with E-state index in [1.54, 1.807) is 7.11 Å². The number of rotatable bonds is 2. The van der Waals surface area contributed by atoms with Crippen LogP contribution in [0.4, 0.5) is 0 Å². The molecule has 4 fully saturated rings. The van der Waals surface area contributed by atoms with Crippen molar-refractivity contribution in [3.05, 3.63) is 23.3 Å². The van der Waals surface area contributed by atoms with Gasteiger partial charge in [0.15, 0.2) is 11.5 Å². The van der Waals surface area contributed by atoms with Crippen molar-refractivity contribution in [2.75, 3.05) is 13.9 Å². The van der Waals surface area contributed by atoms with E-state index in [9.17, 15) is 10.2 Å². The second kappa shape index (κ2) is 7.64. The first-order chi connectivity index (χ1) is 15.8. The molecule has 6 rings (SSSR count). The molecular weight excluding hydrogens is 416 g/mol. The second-order valence-electron chi connectivity index (χ2n) is 11.9. The van der Waals surface area contributed by atoms with E-state index in [1.807, 2.05) is 12.1 Å². The van der Waals surface area contributed by atoms with Gasteiger partial charge in [0.2, 0.25) is 12.5 Å². The molecule has 1 aromatic carbocycles. The standard InChI is InChI=1S/C28H38O5/c1-27-8-6-19(29)14-18(27)4-5-20-21(27)7-9-28(2)22(20)13-17(26(28)30)10-16-11-23(31-3)25-24(12-16)32-15-33-25/h10-12,18-22,26,29-30H,4-9,13-15H2,1-3H3/b17-10+/t18-,19-,20-,21+,22+,26-,27+,28+/m1/s1. The van der Waals surface area contributed by atoms with Gasteiger partial charge in [0.1, 0.15) is 0 Å². The van der Waals surface area contributed by atoms with Gasteiger partial charge in [-0.05, 0) is 104 Å².